The highest BCUT2D eigenvalue weighted by Crippen LogP contribution is 2.22. The van der Waals surface area contributed by atoms with Crippen LogP contribution in [0.1, 0.15) is 24.4 Å². The van der Waals surface area contributed by atoms with Crippen molar-refractivity contribution in [2.45, 2.75) is 25.3 Å². The van der Waals surface area contributed by atoms with Crippen LogP contribution < -0.4 is 4.74 Å². The lowest BCUT2D eigenvalue weighted by Gasteiger charge is -2.32. The van der Waals surface area contributed by atoms with Crippen LogP contribution in [0, 0.1) is 0 Å². The Labute approximate surface area is 130 Å². The van der Waals surface area contributed by atoms with Crippen molar-refractivity contribution in [2.75, 3.05) is 20.2 Å². The number of amides is 1. The number of nitrogens with zero attached hydrogens (tertiary/aromatic N) is 3. The van der Waals surface area contributed by atoms with Gasteiger partial charge in [-0.25, -0.2) is 0 Å². The number of piperidine rings is 1. The van der Waals surface area contributed by atoms with Gasteiger partial charge in [0.2, 0.25) is 5.91 Å². The minimum absolute atomic E-state index is 0.198. The number of aromatic nitrogens is 2. The van der Waals surface area contributed by atoms with Gasteiger partial charge in [-0.2, -0.15) is 5.10 Å². The molecular weight excluding hydrogens is 278 g/mol. The maximum absolute atomic E-state index is 12.4. The number of hydrogen-bond donors (Lipinski definition) is 0. The van der Waals surface area contributed by atoms with Crippen LogP contribution in [-0.4, -0.2) is 40.8 Å². The third-order valence-electron chi connectivity index (χ3n) is 4.23. The van der Waals surface area contributed by atoms with Gasteiger partial charge in [-0.3, -0.25) is 9.48 Å². The molecule has 2 aromatic rings. The molecule has 0 N–H and O–H groups in total. The molecule has 1 aromatic carbocycles. The van der Waals surface area contributed by atoms with Crippen molar-refractivity contribution >= 4 is 5.91 Å². The molecule has 1 aliphatic heterocycles. The van der Waals surface area contributed by atoms with Crippen molar-refractivity contribution in [1.82, 2.24) is 14.7 Å². The maximum atomic E-state index is 12.4. The fourth-order valence-electron chi connectivity index (χ4n) is 2.91. The van der Waals surface area contributed by atoms with Crippen LogP contribution in [0.25, 0.3) is 0 Å². The molecule has 3 rings (SSSR count). The first-order valence-corrected chi connectivity index (χ1v) is 7.66. The Morgan fingerprint density at radius 3 is 2.59 bits per heavy atom. The van der Waals surface area contributed by atoms with Gasteiger partial charge >= 0.3 is 0 Å². The van der Waals surface area contributed by atoms with E-state index in [1.165, 1.54) is 0 Å². The van der Waals surface area contributed by atoms with Gasteiger partial charge in [-0.05, 0) is 36.6 Å². The van der Waals surface area contributed by atoms with Crippen LogP contribution >= 0.6 is 0 Å². The van der Waals surface area contributed by atoms with Gasteiger partial charge in [0.1, 0.15) is 5.75 Å². The van der Waals surface area contributed by atoms with E-state index in [1.807, 2.05) is 46.1 Å². The van der Waals surface area contributed by atoms with E-state index >= 15 is 0 Å². The minimum atomic E-state index is 0.198. The summed E-state index contributed by atoms with van der Waals surface area (Å²) in [5.74, 6) is 1.01. The number of benzene rings is 1. The predicted molar refractivity (Wildman–Crippen MR) is 83.8 cm³/mol. The predicted octanol–water partition coefficient (Wildman–Crippen LogP) is 2.30. The monoisotopic (exact) mass is 299 g/mol. The summed E-state index contributed by atoms with van der Waals surface area (Å²) in [6, 6.07) is 10.1. The quantitative estimate of drug-likeness (QED) is 0.870. The lowest BCUT2D eigenvalue weighted by atomic mass is 10.0. The number of hydrogen-bond acceptors (Lipinski definition) is 3. The first-order valence-electron chi connectivity index (χ1n) is 7.66. The number of carbonyl (C=O) groups excluding carboxylic acids is 1. The van der Waals surface area contributed by atoms with Gasteiger partial charge in [0.15, 0.2) is 0 Å². The Balaban J connectivity index is 1.53. The Bertz CT molecular complexity index is 599. The molecule has 0 spiro atoms. The van der Waals surface area contributed by atoms with Crippen molar-refractivity contribution in [2.24, 2.45) is 0 Å². The zero-order valence-electron chi connectivity index (χ0n) is 12.8. The molecule has 0 saturated carbocycles. The SMILES string of the molecule is COc1ccc(CC(=O)N2CCC(n3cccn3)CC2)cc1. The number of carbonyl (C=O) groups is 1. The molecule has 1 aromatic heterocycles. The highest BCUT2D eigenvalue weighted by molar-refractivity contribution is 5.78. The molecule has 0 radical (unpaired) electrons. The van der Waals surface area contributed by atoms with Crippen LogP contribution in [0.2, 0.25) is 0 Å². The van der Waals surface area contributed by atoms with Crippen molar-refractivity contribution < 1.29 is 9.53 Å². The second kappa shape index (κ2) is 6.64. The lowest BCUT2D eigenvalue weighted by Crippen LogP contribution is -2.39. The zero-order valence-corrected chi connectivity index (χ0v) is 12.8. The molecule has 0 aliphatic carbocycles. The van der Waals surface area contributed by atoms with Gasteiger partial charge in [0.25, 0.3) is 0 Å². The van der Waals surface area contributed by atoms with Crippen molar-refractivity contribution in [1.29, 1.82) is 0 Å². The number of methoxy groups -OCH3 is 1. The maximum Gasteiger partial charge on any atom is 0.226 e. The molecule has 5 heteroatoms. The van der Waals surface area contributed by atoms with E-state index in [4.69, 9.17) is 4.74 Å². The van der Waals surface area contributed by atoms with Gasteiger partial charge in [-0.15, -0.1) is 0 Å². The van der Waals surface area contributed by atoms with E-state index in [2.05, 4.69) is 5.10 Å². The largest absolute Gasteiger partial charge is 0.497 e. The highest BCUT2D eigenvalue weighted by atomic mass is 16.5. The minimum Gasteiger partial charge on any atom is -0.497 e. The molecule has 0 bridgehead atoms. The number of rotatable bonds is 4. The van der Waals surface area contributed by atoms with E-state index in [1.54, 1.807) is 13.3 Å². The number of likely N-dealkylation sites (tertiary alicyclic amines) is 1. The van der Waals surface area contributed by atoms with E-state index in [-0.39, 0.29) is 5.91 Å². The summed E-state index contributed by atoms with van der Waals surface area (Å²) in [5.41, 5.74) is 1.03. The highest BCUT2D eigenvalue weighted by Gasteiger charge is 2.23. The Kier molecular flexibility index (Phi) is 4.42. The smallest absolute Gasteiger partial charge is 0.226 e. The number of ether oxygens (including phenoxy) is 1. The summed E-state index contributed by atoms with van der Waals surface area (Å²) < 4.78 is 7.14. The summed E-state index contributed by atoms with van der Waals surface area (Å²) in [5, 5.41) is 4.30. The molecule has 0 atom stereocenters. The molecule has 0 unspecified atom stereocenters. The third kappa shape index (κ3) is 3.30. The fraction of sp³-hybridized carbons (Fsp3) is 0.412. The van der Waals surface area contributed by atoms with Crippen molar-refractivity contribution in [3.8, 4) is 5.75 Å². The van der Waals surface area contributed by atoms with E-state index < -0.39 is 0 Å². The lowest BCUT2D eigenvalue weighted by molar-refractivity contribution is -0.131. The summed E-state index contributed by atoms with van der Waals surface area (Å²) >= 11 is 0. The van der Waals surface area contributed by atoms with E-state index in [9.17, 15) is 4.79 Å². The fourth-order valence-corrected chi connectivity index (χ4v) is 2.91. The van der Waals surface area contributed by atoms with Crippen LogP contribution in [0.4, 0.5) is 0 Å². The van der Waals surface area contributed by atoms with E-state index in [0.29, 0.717) is 12.5 Å². The molecule has 5 nitrogen and oxygen atoms in total. The van der Waals surface area contributed by atoms with Crippen molar-refractivity contribution in [3.05, 3.63) is 48.3 Å². The van der Waals surface area contributed by atoms with Gasteiger partial charge < -0.3 is 9.64 Å². The molecule has 1 amide bonds. The Hall–Kier alpha value is -2.30. The molecule has 116 valence electrons. The average molecular weight is 299 g/mol. The summed E-state index contributed by atoms with van der Waals surface area (Å²) in [6.45, 7) is 1.61. The molecule has 2 heterocycles. The van der Waals surface area contributed by atoms with Gasteiger partial charge in [0.05, 0.1) is 19.6 Å². The Morgan fingerprint density at radius 2 is 2.00 bits per heavy atom. The van der Waals surface area contributed by atoms with Crippen LogP contribution in [0.3, 0.4) is 0 Å². The van der Waals surface area contributed by atoms with Crippen LogP contribution in [-0.2, 0) is 11.2 Å². The molecule has 1 fully saturated rings. The standard InChI is InChI=1S/C17H21N3O2/c1-22-16-5-3-14(4-6-16)13-17(21)19-11-7-15(8-12-19)20-10-2-9-18-20/h2-6,9-10,15H,7-8,11-13H2,1H3. The van der Waals surface area contributed by atoms with Crippen LogP contribution in [0.5, 0.6) is 5.75 Å². The van der Waals surface area contributed by atoms with Gasteiger partial charge in [-0.1, -0.05) is 12.1 Å². The second-order valence-corrected chi connectivity index (χ2v) is 5.62. The zero-order chi connectivity index (χ0) is 15.4. The average Bonchev–Trinajstić information content (AvgIpc) is 3.10. The molecule has 1 aliphatic rings. The second-order valence-electron chi connectivity index (χ2n) is 5.62. The first-order chi connectivity index (χ1) is 10.8. The van der Waals surface area contributed by atoms with E-state index in [0.717, 1.165) is 37.2 Å². The first kappa shape index (κ1) is 14.6. The molecule has 1 saturated heterocycles. The molecular formula is C17H21N3O2. The summed E-state index contributed by atoms with van der Waals surface area (Å²) in [4.78, 5) is 14.3. The Morgan fingerprint density at radius 1 is 1.27 bits per heavy atom. The van der Waals surface area contributed by atoms with Gasteiger partial charge in [0, 0.05) is 25.5 Å². The summed E-state index contributed by atoms with van der Waals surface area (Å²) in [6.07, 6.45) is 6.20. The normalized spacial score (nSPS) is 15.8. The summed E-state index contributed by atoms with van der Waals surface area (Å²) in [7, 11) is 1.64. The molecule has 22 heavy (non-hydrogen) atoms. The van der Waals surface area contributed by atoms with Crippen molar-refractivity contribution in [3.63, 3.8) is 0 Å². The van der Waals surface area contributed by atoms with Crippen LogP contribution in [0.15, 0.2) is 42.7 Å². The third-order valence-corrected chi connectivity index (χ3v) is 4.23. The topological polar surface area (TPSA) is 47.4 Å².